The standard InChI is InChI=1S/C11H19N3O3/c1-7(2)14-10(12)8(5-6-16-3)9(13-14)11(15)17-4/h7H,5-6,12H2,1-4H3. The number of nitrogen functional groups attached to an aromatic ring is 1. The predicted molar refractivity (Wildman–Crippen MR) is 63.9 cm³/mol. The number of carbonyl (C=O) groups excluding carboxylic acids is 1. The minimum atomic E-state index is -0.470. The minimum Gasteiger partial charge on any atom is -0.464 e. The fourth-order valence-electron chi connectivity index (χ4n) is 1.59. The van der Waals surface area contributed by atoms with Crippen molar-refractivity contribution in [2.24, 2.45) is 0 Å². The number of rotatable bonds is 5. The highest BCUT2D eigenvalue weighted by molar-refractivity contribution is 5.90. The lowest BCUT2D eigenvalue weighted by molar-refractivity contribution is 0.0591. The Bertz CT molecular complexity index is 399. The van der Waals surface area contributed by atoms with E-state index in [1.54, 1.807) is 11.8 Å². The van der Waals surface area contributed by atoms with Crippen molar-refractivity contribution in [2.75, 3.05) is 26.6 Å². The summed E-state index contributed by atoms with van der Waals surface area (Å²) in [6, 6.07) is 0.0923. The van der Waals surface area contributed by atoms with Crippen molar-refractivity contribution in [1.82, 2.24) is 9.78 Å². The molecule has 1 aromatic heterocycles. The zero-order chi connectivity index (χ0) is 13.0. The van der Waals surface area contributed by atoms with E-state index in [1.165, 1.54) is 7.11 Å². The Morgan fingerprint density at radius 1 is 1.47 bits per heavy atom. The third-order valence-corrected chi connectivity index (χ3v) is 2.47. The zero-order valence-corrected chi connectivity index (χ0v) is 10.7. The first kappa shape index (κ1) is 13.5. The fourth-order valence-corrected chi connectivity index (χ4v) is 1.59. The molecule has 0 spiro atoms. The lowest BCUT2D eigenvalue weighted by atomic mass is 10.1. The Labute approximate surface area is 101 Å². The summed E-state index contributed by atoms with van der Waals surface area (Å²) in [6.45, 7) is 4.38. The van der Waals surface area contributed by atoms with Crippen LogP contribution in [0.1, 0.15) is 35.9 Å². The number of ether oxygens (including phenoxy) is 2. The molecule has 0 unspecified atom stereocenters. The van der Waals surface area contributed by atoms with E-state index in [0.717, 1.165) is 0 Å². The summed E-state index contributed by atoms with van der Waals surface area (Å²) < 4.78 is 11.3. The number of nitrogens with two attached hydrogens (primary N) is 1. The van der Waals surface area contributed by atoms with Gasteiger partial charge in [0.1, 0.15) is 5.82 Å². The third-order valence-electron chi connectivity index (χ3n) is 2.47. The van der Waals surface area contributed by atoms with E-state index in [0.29, 0.717) is 24.4 Å². The molecule has 0 aromatic carbocycles. The van der Waals surface area contributed by atoms with Crippen molar-refractivity contribution in [3.8, 4) is 0 Å². The van der Waals surface area contributed by atoms with E-state index >= 15 is 0 Å². The van der Waals surface area contributed by atoms with E-state index < -0.39 is 5.97 Å². The van der Waals surface area contributed by atoms with Crippen LogP contribution in [0.2, 0.25) is 0 Å². The van der Waals surface area contributed by atoms with Crippen molar-refractivity contribution < 1.29 is 14.3 Å². The summed E-state index contributed by atoms with van der Waals surface area (Å²) in [5.41, 5.74) is 6.94. The predicted octanol–water partition coefficient (Wildman–Crippen LogP) is 1.02. The minimum absolute atomic E-state index is 0.0923. The van der Waals surface area contributed by atoms with Crippen LogP contribution < -0.4 is 5.73 Å². The van der Waals surface area contributed by atoms with Gasteiger partial charge < -0.3 is 15.2 Å². The molecule has 0 aliphatic heterocycles. The molecule has 0 amide bonds. The molecule has 96 valence electrons. The number of carbonyl (C=O) groups is 1. The smallest absolute Gasteiger partial charge is 0.358 e. The molecule has 0 radical (unpaired) electrons. The zero-order valence-electron chi connectivity index (χ0n) is 10.7. The summed E-state index contributed by atoms with van der Waals surface area (Å²) in [5, 5.41) is 4.19. The van der Waals surface area contributed by atoms with Gasteiger partial charge in [0.15, 0.2) is 5.69 Å². The maximum atomic E-state index is 11.6. The SMILES string of the molecule is COCCc1c(C(=O)OC)nn(C(C)C)c1N. The van der Waals surface area contributed by atoms with Crippen molar-refractivity contribution in [3.63, 3.8) is 0 Å². The lowest BCUT2D eigenvalue weighted by Crippen LogP contribution is -2.08. The van der Waals surface area contributed by atoms with Gasteiger partial charge >= 0.3 is 5.97 Å². The maximum Gasteiger partial charge on any atom is 0.358 e. The largest absolute Gasteiger partial charge is 0.464 e. The monoisotopic (exact) mass is 241 g/mol. The van der Waals surface area contributed by atoms with Crippen LogP contribution in [-0.4, -0.2) is 36.6 Å². The molecule has 0 fully saturated rings. The van der Waals surface area contributed by atoms with Gasteiger partial charge in [-0.15, -0.1) is 0 Å². The van der Waals surface area contributed by atoms with Gasteiger partial charge in [0.2, 0.25) is 0 Å². The van der Waals surface area contributed by atoms with Crippen LogP contribution in [0.3, 0.4) is 0 Å². The summed E-state index contributed by atoms with van der Waals surface area (Å²) in [5.74, 6) is 0.0275. The molecular weight excluding hydrogens is 222 g/mol. The van der Waals surface area contributed by atoms with Crippen molar-refractivity contribution >= 4 is 11.8 Å². The molecule has 2 N–H and O–H groups in total. The van der Waals surface area contributed by atoms with Crippen LogP contribution in [0.4, 0.5) is 5.82 Å². The molecule has 1 rings (SSSR count). The van der Waals surface area contributed by atoms with E-state index in [1.807, 2.05) is 13.8 Å². The van der Waals surface area contributed by atoms with Gasteiger partial charge in [-0.1, -0.05) is 0 Å². The fraction of sp³-hybridized carbons (Fsp3) is 0.636. The first-order valence-electron chi connectivity index (χ1n) is 5.47. The number of anilines is 1. The average molecular weight is 241 g/mol. The molecule has 17 heavy (non-hydrogen) atoms. The van der Waals surface area contributed by atoms with E-state index in [-0.39, 0.29) is 11.7 Å². The van der Waals surface area contributed by atoms with Gasteiger partial charge in [0, 0.05) is 25.1 Å². The number of nitrogens with zero attached hydrogens (tertiary/aromatic N) is 2. The average Bonchev–Trinajstić information content (AvgIpc) is 2.63. The van der Waals surface area contributed by atoms with Gasteiger partial charge in [-0.25, -0.2) is 9.48 Å². The second-order valence-electron chi connectivity index (χ2n) is 3.99. The van der Waals surface area contributed by atoms with Crippen molar-refractivity contribution in [3.05, 3.63) is 11.3 Å². The van der Waals surface area contributed by atoms with Crippen molar-refractivity contribution in [2.45, 2.75) is 26.3 Å². The summed E-state index contributed by atoms with van der Waals surface area (Å²) in [7, 11) is 2.92. The highest BCUT2D eigenvalue weighted by Gasteiger charge is 2.22. The Morgan fingerprint density at radius 2 is 2.12 bits per heavy atom. The number of hydrogen-bond donors (Lipinski definition) is 1. The van der Waals surface area contributed by atoms with E-state index in [2.05, 4.69) is 5.10 Å². The highest BCUT2D eigenvalue weighted by Crippen LogP contribution is 2.22. The summed E-state index contributed by atoms with van der Waals surface area (Å²) in [4.78, 5) is 11.6. The highest BCUT2D eigenvalue weighted by atomic mass is 16.5. The van der Waals surface area contributed by atoms with Gasteiger partial charge in [0.25, 0.3) is 0 Å². The second kappa shape index (κ2) is 5.67. The molecule has 0 aliphatic carbocycles. The van der Waals surface area contributed by atoms with Crippen LogP contribution in [0.25, 0.3) is 0 Å². The van der Waals surface area contributed by atoms with Gasteiger partial charge in [-0.05, 0) is 13.8 Å². The normalized spacial score (nSPS) is 10.9. The second-order valence-corrected chi connectivity index (χ2v) is 3.99. The number of methoxy groups -OCH3 is 2. The molecule has 1 heterocycles. The molecule has 0 bridgehead atoms. The molecule has 6 heteroatoms. The molecule has 0 aliphatic rings. The van der Waals surface area contributed by atoms with Crippen molar-refractivity contribution in [1.29, 1.82) is 0 Å². The van der Waals surface area contributed by atoms with Crippen LogP contribution in [0.5, 0.6) is 0 Å². The third kappa shape index (κ3) is 2.76. The maximum absolute atomic E-state index is 11.6. The number of hydrogen-bond acceptors (Lipinski definition) is 5. The lowest BCUT2D eigenvalue weighted by Gasteiger charge is -2.07. The Morgan fingerprint density at radius 3 is 2.59 bits per heavy atom. The van der Waals surface area contributed by atoms with E-state index in [9.17, 15) is 4.79 Å². The Hall–Kier alpha value is -1.56. The quantitative estimate of drug-likeness (QED) is 0.778. The molecule has 0 saturated carbocycles. The van der Waals surface area contributed by atoms with Gasteiger partial charge in [0.05, 0.1) is 13.7 Å². The summed E-state index contributed by atoms with van der Waals surface area (Å²) >= 11 is 0. The topological polar surface area (TPSA) is 79.4 Å². The molecular formula is C11H19N3O3. The Balaban J connectivity index is 3.17. The number of esters is 1. The molecule has 1 aromatic rings. The summed E-state index contributed by atoms with van der Waals surface area (Å²) in [6.07, 6.45) is 0.541. The van der Waals surface area contributed by atoms with Gasteiger partial charge in [-0.3, -0.25) is 0 Å². The molecule has 0 saturated heterocycles. The number of aromatic nitrogens is 2. The molecule has 0 atom stereocenters. The first-order chi connectivity index (χ1) is 8.02. The van der Waals surface area contributed by atoms with Crippen LogP contribution in [-0.2, 0) is 15.9 Å². The first-order valence-corrected chi connectivity index (χ1v) is 5.47. The molecule has 6 nitrogen and oxygen atoms in total. The van der Waals surface area contributed by atoms with Crippen LogP contribution in [0.15, 0.2) is 0 Å². The van der Waals surface area contributed by atoms with Crippen LogP contribution in [0, 0.1) is 0 Å². The van der Waals surface area contributed by atoms with E-state index in [4.69, 9.17) is 15.2 Å². The Kier molecular flexibility index (Phi) is 4.51. The van der Waals surface area contributed by atoms with Crippen LogP contribution >= 0.6 is 0 Å². The van der Waals surface area contributed by atoms with Gasteiger partial charge in [-0.2, -0.15) is 5.10 Å².